The van der Waals surface area contributed by atoms with Gasteiger partial charge in [-0.1, -0.05) is 12.1 Å². The number of rotatable bonds is 7. The van der Waals surface area contributed by atoms with E-state index in [9.17, 15) is 4.39 Å². The fourth-order valence-electron chi connectivity index (χ4n) is 3.55. The lowest BCUT2D eigenvalue weighted by Crippen LogP contribution is -2.15. The molecule has 0 amide bonds. The molecule has 158 valence electrons. The molecule has 0 unspecified atom stereocenters. The molecular weight excluding hydrogens is 399 g/mol. The van der Waals surface area contributed by atoms with Crippen LogP contribution in [0.5, 0.6) is 0 Å². The van der Waals surface area contributed by atoms with Gasteiger partial charge in [-0.3, -0.25) is 4.31 Å². The molecule has 1 aromatic heterocycles. The van der Waals surface area contributed by atoms with Crippen LogP contribution in [0.15, 0.2) is 64.4 Å². The largest absolute Gasteiger partial charge is 0.382 e. The van der Waals surface area contributed by atoms with Gasteiger partial charge in [0.25, 0.3) is 0 Å². The van der Waals surface area contributed by atoms with Crippen molar-refractivity contribution in [3.8, 4) is 11.1 Å². The van der Waals surface area contributed by atoms with E-state index in [2.05, 4.69) is 23.3 Å². The highest BCUT2D eigenvalue weighted by Crippen LogP contribution is 2.37. The molecule has 0 spiro atoms. The third kappa shape index (κ3) is 4.51. The molecule has 0 aliphatic rings. The van der Waals surface area contributed by atoms with Crippen molar-refractivity contribution in [2.75, 3.05) is 20.6 Å². The molecule has 1 heterocycles. The van der Waals surface area contributed by atoms with Crippen molar-refractivity contribution in [3.05, 3.63) is 65.6 Å². The monoisotopic (exact) mass is 426 g/mol. The van der Waals surface area contributed by atoms with Crippen LogP contribution in [0, 0.1) is 6.92 Å². The van der Waals surface area contributed by atoms with Crippen molar-refractivity contribution < 1.29 is 4.39 Å². The number of nitrogens with two attached hydrogens (primary N) is 3. The summed E-state index contributed by atoms with van der Waals surface area (Å²) in [5.74, 6) is 5.36. The Morgan fingerprint density at radius 1 is 1.23 bits per heavy atom. The number of allylic oxidation sites excluding steroid dienone is 1. The summed E-state index contributed by atoms with van der Waals surface area (Å²) in [6, 6.07) is 14.0. The molecule has 0 saturated carbocycles. The van der Waals surface area contributed by atoms with E-state index in [0.29, 0.717) is 0 Å². The average Bonchev–Trinajstić information content (AvgIpc) is 2.98. The summed E-state index contributed by atoms with van der Waals surface area (Å²) < 4.78 is 18.4. The van der Waals surface area contributed by atoms with Gasteiger partial charge in [0.15, 0.2) is 0 Å². The molecule has 0 atom stereocenters. The molecule has 0 aliphatic carbocycles. The topological polar surface area (TPSA) is 98.6 Å². The average molecular weight is 427 g/mol. The van der Waals surface area contributed by atoms with Crippen LogP contribution >= 0.6 is 11.9 Å². The fourth-order valence-corrected chi connectivity index (χ4v) is 4.29. The molecular formula is C22H27FN6S. The van der Waals surface area contributed by atoms with Crippen molar-refractivity contribution in [3.63, 3.8) is 0 Å². The standard InChI is InChI=1S/C22H27FN6S/c1-14-21(15-5-4-6-18(11-15)30-28(2)3)19-12-16(22(25)27-26)7-8-20(19)29(14)13-17(23)9-10-24/h4-9,11-12H,10,13,24,26H2,1-3H3,(H2,25,27)/b17-9-. The molecule has 6 nitrogen and oxygen atoms in total. The van der Waals surface area contributed by atoms with Crippen LogP contribution in [0.2, 0.25) is 0 Å². The zero-order valence-corrected chi connectivity index (χ0v) is 18.2. The second kappa shape index (κ2) is 9.34. The minimum absolute atomic E-state index is 0.117. The van der Waals surface area contributed by atoms with Gasteiger partial charge in [-0.05, 0) is 74.9 Å². The molecule has 6 N–H and O–H groups in total. The number of nitrogens with zero attached hydrogens (tertiary/aromatic N) is 3. The molecule has 2 aromatic carbocycles. The summed E-state index contributed by atoms with van der Waals surface area (Å²) in [7, 11) is 4.00. The third-order valence-electron chi connectivity index (χ3n) is 4.82. The summed E-state index contributed by atoms with van der Waals surface area (Å²) in [5, 5.41) is 4.57. The Kier molecular flexibility index (Phi) is 6.81. The molecule has 0 radical (unpaired) electrons. The second-order valence-corrected chi connectivity index (χ2v) is 8.50. The first-order valence-corrected chi connectivity index (χ1v) is 10.3. The summed E-state index contributed by atoms with van der Waals surface area (Å²) in [4.78, 5) is 1.12. The smallest absolute Gasteiger partial charge is 0.150 e. The van der Waals surface area contributed by atoms with Crippen LogP contribution in [0.1, 0.15) is 11.3 Å². The SMILES string of the molecule is Cc1c(-c2cccc(SN(C)C)c2)c2cc(/C(N)=N/N)ccc2n1C/C(F)=C/CN. The number of hydrogen-bond donors (Lipinski definition) is 3. The van der Waals surface area contributed by atoms with Crippen LogP contribution in [0.4, 0.5) is 4.39 Å². The normalized spacial score (nSPS) is 12.9. The maximum Gasteiger partial charge on any atom is 0.150 e. The van der Waals surface area contributed by atoms with E-state index >= 15 is 0 Å². The van der Waals surface area contributed by atoms with Crippen molar-refractivity contribution in [2.45, 2.75) is 18.4 Å². The predicted octanol–water partition coefficient (Wildman–Crippen LogP) is 3.58. The van der Waals surface area contributed by atoms with E-state index in [1.807, 2.05) is 54.2 Å². The number of fused-ring (bicyclic) bond motifs is 1. The number of hydrazone groups is 1. The van der Waals surface area contributed by atoms with Crippen molar-refractivity contribution >= 4 is 28.7 Å². The molecule has 3 rings (SSSR count). The van der Waals surface area contributed by atoms with Gasteiger partial charge in [0, 0.05) is 39.2 Å². The lowest BCUT2D eigenvalue weighted by Gasteiger charge is -2.11. The van der Waals surface area contributed by atoms with Crippen molar-refractivity contribution in [2.24, 2.45) is 22.4 Å². The van der Waals surface area contributed by atoms with Gasteiger partial charge in [-0.25, -0.2) is 4.39 Å². The maximum absolute atomic E-state index is 14.4. The Bertz CT molecular complexity index is 1120. The number of halogens is 1. The van der Waals surface area contributed by atoms with Crippen LogP contribution in [0.3, 0.4) is 0 Å². The van der Waals surface area contributed by atoms with Gasteiger partial charge in [0.2, 0.25) is 0 Å². The Morgan fingerprint density at radius 2 is 2.00 bits per heavy atom. The molecule has 0 aliphatic heterocycles. The molecule has 30 heavy (non-hydrogen) atoms. The van der Waals surface area contributed by atoms with Gasteiger partial charge >= 0.3 is 0 Å². The van der Waals surface area contributed by atoms with Crippen molar-refractivity contribution in [1.29, 1.82) is 0 Å². The lowest BCUT2D eigenvalue weighted by atomic mass is 10.0. The molecule has 0 bridgehead atoms. The summed E-state index contributed by atoms with van der Waals surface area (Å²) >= 11 is 1.64. The first kappa shape index (κ1) is 21.9. The molecule has 3 aromatic rings. The molecule has 8 heteroatoms. The van der Waals surface area contributed by atoms with Crippen LogP contribution in [-0.2, 0) is 6.54 Å². The fraction of sp³-hybridized carbons (Fsp3) is 0.227. The zero-order valence-electron chi connectivity index (χ0n) is 17.4. The number of benzene rings is 2. The predicted molar refractivity (Wildman–Crippen MR) is 125 cm³/mol. The van der Waals surface area contributed by atoms with Crippen LogP contribution in [0.25, 0.3) is 22.0 Å². The Morgan fingerprint density at radius 3 is 2.67 bits per heavy atom. The van der Waals surface area contributed by atoms with Gasteiger partial charge in [-0.2, -0.15) is 5.10 Å². The second-order valence-electron chi connectivity index (χ2n) is 7.11. The first-order valence-electron chi connectivity index (χ1n) is 9.52. The maximum atomic E-state index is 14.4. The Labute approximate surface area is 180 Å². The summed E-state index contributed by atoms with van der Waals surface area (Å²) in [5.41, 5.74) is 16.1. The highest BCUT2D eigenvalue weighted by atomic mass is 32.2. The van der Waals surface area contributed by atoms with Gasteiger partial charge in [0.1, 0.15) is 11.7 Å². The Hall–Kier alpha value is -2.81. The van der Waals surface area contributed by atoms with E-state index in [-0.39, 0.29) is 24.8 Å². The summed E-state index contributed by atoms with van der Waals surface area (Å²) in [6.45, 7) is 2.27. The van der Waals surface area contributed by atoms with E-state index in [1.54, 1.807) is 11.9 Å². The number of amidine groups is 1. The van der Waals surface area contributed by atoms with Gasteiger partial charge in [0.05, 0.1) is 6.54 Å². The lowest BCUT2D eigenvalue weighted by molar-refractivity contribution is 0.555. The van der Waals surface area contributed by atoms with Crippen molar-refractivity contribution in [1.82, 2.24) is 8.87 Å². The van der Waals surface area contributed by atoms with E-state index in [4.69, 9.17) is 17.3 Å². The molecule has 0 fully saturated rings. The highest BCUT2D eigenvalue weighted by Gasteiger charge is 2.18. The molecule has 0 saturated heterocycles. The Balaban J connectivity index is 2.26. The first-order chi connectivity index (χ1) is 14.3. The quantitative estimate of drug-likeness (QED) is 0.176. The number of hydrogen-bond acceptors (Lipinski definition) is 5. The van der Waals surface area contributed by atoms with E-state index in [0.717, 1.165) is 38.2 Å². The number of aromatic nitrogens is 1. The van der Waals surface area contributed by atoms with Gasteiger partial charge < -0.3 is 21.9 Å². The van der Waals surface area contributed by atoms with E-state index in [1.165, 1.54) is 6.08 Å². The minimum atomic E-state index is -0.270. The highest BCUT2D eigenvalue weighted by molar-refractivity contribution is 7.97. The third-order valence-corrected chi connectivity index (χ3v) is 5.65. The zero-order chi connectivity index (χ0) is 21.8. The summed E-state index contributed by atoms with van der Waals surface area (Å²) in [6.07, 6.45) is 1.40. The van der Waals surface area contributed by atoms with Crippen LogP contribution in [-0.4, -0.2) is 35.3 Å². The van der Waals surface area contributed by atoms with Crippen LogP contribution < -0.4 is 17.3 Å². The minimum Gasteiger partial charge on any atom is -0.382 e. The van der Waals surface area contributed by atoms with Gasteiger partial charge in [-0.15, -0.1) is 0 Å². The van der Waals surface area contributed by atoms with E-state index < -0.39 is 0 Å².